The molecule has 2 amide bonds. The Hall–Kier alpha value is -2.08. The number of nitrogen functional groups attached to an aromatic ring is 1. The van der Waals surface area contributed by atoms with Crippen LogP contribution in [0.25, 0.3) is 0 Å². The summed E-state index contributed by atoms with van der Waals surface area (Å²) >= 11 is 0. The van der Waals surface area contributed by atoms with Crippen LogP contribution in [0.4, 0.5) is 5.69 Å². The Morgan fingerprint density at radius 3 is 2.57 bits per heavy atom. The van der Waals surface area contributed by atoms with Gasteiger partial charge in [-0.05, 0) is 43.5 Å². The van der Waals surface area contributed by atoms with Crippen molar-refractivity contribution in [3.63, 3.8) is 0 Å². The second-order valence-corrected chi connectivity index (χ2v) is 5.78. The molecule has 0 unspecified atom stereocenters. The number of anilines is 1. The molecule has 6 heteroatoms. The monoisotopic (exact) mass is 320 g/mol. The van der Waals surface area contributed by atoms with Gasteiger partial charge in [0.1, 0.15) is 0 Å². The van der Waals surface area contributed by atoms with Crippen molar-refractivity contribution in [3.05, 3.63) is 29.3 Å². The van der Waals surface area contributed by atoms with Crippen LogP contribution in [0, 0.1) is 0 Å². The molecule has 23 heavy (non-hydrogen) atoms. The van der Waals surface area contributed by atoms with E-state index in [2.05, 4.69) is 10.6 Å². The lowest BCUT2D eigenvalue weighted by Crippen LogP contribution is -2.47. The van der Waals surface area contributed by atoms with Gasteiger partial charge >= 0.3 is 0 Å². The molecule has 0 spiro atoms. The molecule has 0 aliphatic carbocycles. The molecule has 0 heterocycles. The second kappa shape index (κ2) is 9.15. The number of benzene rings is 1. The van der Waals surface area contributed by atoms with Crippen LogP contribution < -0.4 is 22.1 Å². The predicted molar refractivity (Wildman–Crippen MR) is 93.1 cm³/mol. The lowest BCUT2D eigenvalue weighted by atomic mass is 10.0. The van der Waals surface area contributed by atoms with Gasteiger partial charge in [-0.1, -0.05) is 20.3 Å². The molecule has 128 valence electrons. The number of carbonyl (C=O) groups is 2. The molecule has 0 aliphatic rings. The number of hydrogen-bond acceptors (Lipinski definition) is 4. The highest BCUT2D eigenvalue weighted by Crippen LogP contribution is 2.14. The minimum atomic E-state index is -0.494. The summed E-state index contributed by atoms with van der Waals surface area (Å²) in [6, 6.07) is 4.57. The highest BCUT2D eigenvalue weighted by Gasteiger charge is 2.16. The smallest absolute Gasteiger partial charge is 0.251 e. The fourth-order valence-electron chi connectivity index (χ4n) is 2.31. The summed E-state index contributed by atoms with van der Waals surface area (Å²) in [6.45, 7) is 6.14. The van der Waals surface area contributed by atoms with Crippen molar-refractivity contribution < 1.29 is 9.59 Å². The van der Waals surface area contributed by atoms with Crippen molar-refractivity contribution in [2.24, 2.45) is 5.73 Å². The lowest BCUT2D eigenvalue weighted by Gasteiger charge is -2.18. The average molecular weight is 320 g/mol. The van der Waals surface area contributed by atoms with Crippen LogP contribution in [0.5, 0.6) is 0 Å². The number of nitrogens with one attached hydrogen (secondary N) is 2. The zero-order valence-corrected chi connectivity index (χ0v) is 14.2. The summed E-state index contributed by atoms with van der Waals surface area (Å²) in [5, 5.41) is 5.64. The Bertz CT molecular complexity index is 545. The Kier molecular flexibility index (Phi) is 7.54. The maximum Gasteiger partial charge on any atom is 0.251 e. The zero-order chi connectivity index (χ0) is 17.4. The quantitative estimate of drug-likeness (QED) is 0.539. The van der Waals surface area contributed by atoms with Crippen molar-refractivity contribution in [2.45, 2.75) is 52.1 Å². The van der Waals surface area contributed by atoms with Gasteiger partial charge in [0, 0.05) is 23.8 Å². The summed E-state index contributed by atoms with van der Waals surface area (Å²) in [7, 11) is 0. The fraction of sp³-hybridized carbons (Fsp3) is 0.529. The SMILES string of the molecule is CCC[C@H](N)C(=O)NC[C@H](C)NC(=O)c1ccc(N)cc1CC. The van der Waals surface area contributed by atoms with E-state index in [1.54, 1.807) is 12.1 Å². The van der Waals surface area contributed by atoms with Gasteiger partial charge in [-0.25, -0.2) is 0 Å². The van der Waals surface area contributed by atoms with Crippen LogP contribution >= 0.6 is 0 Å². The Labute approximate surface area is 138 Å². The Balaban J connectivity index is 2.56. The van der Waals surface area contributed by atoms with Crippen molar-refractivity contribution in [3.8, 4) is 0 Å². The minimum Gasteiger partial charge on any atom is -0.399 e. The van der Waals surface area contributed by atoms with Crippen LogP contribution in [-0.4, -0.2) is 30.4 Å². The zero-order valence-electron chi connectivity index (χ0n) is 14.2. The van der Waals surface area contributed by atoms with Crippen LogP contribution in [0.2, 0.25) is 0 Å². The molecular weight excluding hydrogens is 292 g/mol. The first kappa shape index (κ1) is 19.0. The third kappa shape index (κ3) is 5.90. The van der Waals surface area contributed by atoms with Gasteiger partial charge < -0.3 is 22.1 Å². The minimum absolute atomic E-state index is 0.165. The van der Waals surface area contributed by atoms with Gasteiger partial charge in [0.2, 0.25) is 5.91 Å². The predicted octanol–water partition coefficient (Wildman–Crippen LogP) is 1.19. The van der Waals surface area contributed by atoms with Crippen LogP contribution in [0.15, 0.2) is 18.2 Å². The van der Waals surface area contributed by atoms with Gasteiger partial charge in [0.15, 0.2) is 0 Å². The van der Waals surface area contributed by atoms with E-state index in [0.29, 0.717) is 24.2 Å². The molecule has 6 N–H and O–H groups in total. The van der Waals surface area contributed by atoms with Crippen molar-refractivity contribution in [2.75, 3.05) is 12.3 Å². The van der Waals surface area contributed by atoms with Gasteiger partial charge in [0.05, 0.1) is 6.04 Å². The van der Waals surface area contributed by atoms with Gasteiger partial charge in [0.25, 0.3) is 5.91 Å². The average Bonchev–Trinajstić information content (AvgIpc) is 2.52. The lowest BCUT2D eigenvalue weighted by molar-refractivity contribution is -0.122. The molecule has 0 radical (unpaired) electrons. The van der Waals surface area contributed by atoms with E-state index < -0.39 is 6.04 Å². The molecule has 1 rings (SSSR count). The number of carbonyl (C=O) groups excluding carboxylic acids is 2. The molecular formula is C17H28N4O2. The maximum absolute atomic E-state index is 12.3. The van der Waals surface area contributed by atoms with E-state index >= 15 is 0 Å². The van der Waals surface area contributed by atoms with Crippen LogP contribution in [-0.2, 0) is 11.2 Å². The summed E-state index contributed by atoms with van der Waals surface area (Å²) in [5.74, 6) is -0.351. The number of aryl methyl sites for hydroxylation is 1. The number of hydrogen-bond donors (Lipinski definition) is 4. The third-order valence-corrected chi connectivity index (χ3v) is 3.65. The summed E-state index contributed by atoms with van der Waals surface area (Å²) in [6.07, 6.45) is 2.24. The number of nitrogens with two attached hydrogens (primary N) is 2. The molecule has 0 bridgehead atoms. The van der Waals surface area contributed by atoms with E-state index in [1.807, 2.05) is 26.8 Å². The highest BCUT2D eigenvalue weighted by molar-refractivity contribution is 5.96. The van der Waals surface area contributed by atoms with E-state index in [9.17, 15) is 9.59 Å². The molecule has 0 saturated carbocycles. The van der Waals surface area contributed by atoms with Crippen molar-refractivity contribution in [1.82, 2.24) is 10.6 Å². The van der Waals surface area contributed by atoms with Gasteiger partial charge in [-0.2, -0.15) is 0 Å². The fourth-order valence-corrected chi connectivity index (χ4v) is 2.31. The first-order chi connectivity index (χ1) is 10.9. The molecule has 0 fully saturated rings. The van der Waals surface area contributed by atoms with Gasteiger partial charge in [-0.3, -0.25) is 9.59 Å². The van der Waals surface area contributed by atoms with E-state index in [0.717, 1.165) is 18.4 Å². The molecule has 6 nitrogen and oxygen atoms in total. The van der Waals surface area contributed by atoms with E-state index in [4.69, 9.17) is 11.5 Å². The summed E-state index contributed by atoms with van der Waals surface area (Å²) in [4.78, 5) is 24.1. The summed E-state index contributed by atoms with van der Waals surface area (Å²) < 4.78 is 0. The normalized spacial score (nSPS) is 13.2. The van der Waals surface area contributed by atoms with E-state index in [-0.39, 0.29) is 17.9 Å². The third-order valence-electron chi connectivity index (χ3n) is 3.65. The first-order valence-electron chi connectivity index (χ1n) is 8.11. The molecule has 1 aromatic carbocycles. The number of rotatable bonds is 8. The molecule has 0 aromatic heterocycles. The highest BCUT2D eigenvalue weighted by atomic mass is 16.2. The van der Waals surface area contributed by atoms with E-state index in [1.165, 1.54) is 0 Å². The maximum atomic E-state index is 12.3. The first-order valence-corrected chi connectivity index (χ1v) is 8.11. The topological polar surface area (TPSA) is 110 Å². The van der Waals surface area contributed by atoms with Gasteiger partial charge in [-0.15, -0.1) is 0 Å². The molecule has 0 saturated heterocycles. The van der Waals surface area contributed by atoms with Crippen molar-refractivity contribution >= 4 is 17.5 Å². The molecule has 2 atom stereocenters. The largest absolute Gasteiger partial charge is 0.399 e. The van der Waals surface area contributed by atoms with Crippen LogP contribution in [0.1, 0.15) is 49.5 Å². The molecule has 0 aliphatic heterocycles. The summed E-state index contributed by atoms with van der Waals surface area (Å²) in [5.41, 5.74) is 13.7. The standard InChI is InChI=1S/C17H28N4O2/c1-4-6-15(19)17(23)20-10-11(3)21-16(22)14-8-7-13(18)9-12(14)5-2/h7-9,11,15H,4-6,10,18-19H2,1-3H3,(H,20,23)(H,21,22)/t11-,15-/m0/s1. The van der Waals surface area contributed by atoms with Crippen molar-refractivity contribution in [1.29, 1.82) is 0 Å². The Morgan fingerprint density at radius 1 is 1.26 bits per heavy atom. The van der Waals surface area contributed by atoms with Crippen LogP contribution in [0.3, 0.4) is 0 Å². The molecule has 1 aromatic rings. The number of amides is 2. The second-order valence-electron chi connectivity index (χ2n) is 5.78. The Morgan fingerprint density at radius 2 is 1.96 bits per heavy atom.